The lowest BCUT2D eigenvalue weighted by atomic mass is 10.2. The molecule has 112 valence electrons. The molecule has 1 fully saturated rings. The van der Waals surface area contributed by atoms with Crippen LogP contribution in [0.3, 0.4) is 0 Å². The van der Waals surface area contributed by atoms with Crippen LogP contribution in [0, 0.1) is 0 Å². The second kappa shape index (κ2) is 7.62. The minimum absolute atomic E-state index is 0.0871. The van der Waals surface area contributed by atoms with Gasteiger partial charge < -0.3 is 10.2 Å². The van der Waals surface area contributed by atoms with Crippen LogP contribution in [0.25, 0.3) is 6.08 Å². The van der Waals surface area contributed by atoms with Crippen LogP contribution in [0.1, 0.15) is 38.2 Å². The lowest BCUT2D eigenvalue weighted by Gasteiger charge is -2.22. The van der Waals surface area contributed by atoms with Gasteiger partial charge in [-0.1, -0.05) is 43.2 Å². The van der Waals surface area contributed by atoms with Crippen molar-refractivity contribution in [2.45, 2.75) is 32.6 Å². The number of carbonyl (C=O) groups is 2. The van der Waals surface area contributed by atoms with E-state index in [2.05, 4.69) is 5.32 Å². The van der Waals surface area contributed by atoms with Crippen LogP contribution in [0.15, 0.2) is 36.0 Å². The average Bonchev–Trinajstić information content (AvgIpc) is 2.75. The van der Waals surface area contributed by atoms with Gasteiger partial charge in [-0.05, 0) is 24.5 Å². The monoisotopic (exact) mass is 286 g/mol. The summed E-state index contributed by atoms with van der Waals surface area (Å²) in [6.07, 6.45) is 6.15. The van der Waals surface area contributed by atoms with Gasteiger partial charge in [-0.15, -0.1) is 0 Å². The maximum Gasteiger partial charge on any atom is 0.270 e. The van der Waals surface area contributed by atoms with Gasteiger partial charge in [-0.25, -0.2) is 0 Å². The summed E-state index contributed by atoms with van der Waals surface area (Å²) in [5.74, 6) is -0.309. The van der Waals surface area contributed by atoms with Crippen molar-refractivity contribution in [3.8, 4) is 0 Å². The first kappa shape index (κ1) is 15.3. The van der Waals surface area contributed by atoms with Gasteiger partial charge in [0.15, 0.2) is 0 Å². The summed E-state index contributed by atoms with van der Waals surface area (Å²) in [6, 6.07) is 9.57. The van der Waals surface area contributed by atoms with Crippen LogP contribution in [-0.4, -0.2) is 29.8 Å². The van der Waals surface area contributed by atoms with E-state index in [1.807, 2.05) is 35.2 Å². The molecule has 21 heavy (non-hydrogen) atoms. The molecule has 1 aromatic carbocycles. The highest BCUT2D eigenvalue weighted by molar-refractivity contribution is 6.00. The third-order valence-electron chi connectivity index (χ3n) is 3.54. The van der Waals surface area contributed by atoms with Crippen molar-refractivity contribution in [2.75, 3.05) is 13.1 Å². The van der Waals surface area contributed by atoms with Gasteiger partial charge in [-0.2, -0.15) is 0 Å². The first-order valence-corrected chi connectivity index (χ1v) is 7.50. The zero-order valence-electron chi connectivity index (χ0n) is 12.5. The van der Waals surface area contributed by atoms with Gasteiger partial charge in [-0.3, -0.25) is 9.59 Å². The van der Waals surface area contributed by atoms with Gasteiger partial charge >= 0.3 is 0 Å². The fourth-order valence-electron chi connectivity index (χ4n) is 2.50. The van der Waals surface area contributed by atoms with E-state index in [0.717, 1.165) is 31.5 Å². The van der Waals surface area contributed by atoms with Crippen molar-refractivity contribution in [2.24, 2.45) is 0 Å². The van der Waals surface area contributed by atoms with Gasteiger partial charge in [0, 0.05) is 20.0 Å². The van der Waals surface area contributed by atoms with E-state index < -0.39 is 0 Å². The highest BCUT2D eigenvalue weighted by atomic mass is 16.2. The molecule has 0 radical (unpaired) electrons. The molecular formula is C17H22N2O2. The van der Waals surface area contributed by atoms with Crippen molar-refractivity contribution in [1.82, 2.24) is 10.2 Å². The number of amides is 2. The molecule has 0 spiro atoms. The normalized spacial score (nSPS) is 16.2. The lowest BCUT2D eigenvalue weighted by Crippen LogP contribution is -2.38. The lowest BCUT2D eigenvalue weighted by molar-refractivity contribution is -0.129. The summed E-state index contributed by atoms with van der Waals surface area (Å²) in [5.41, 5.74) is 1.26. The van der Waals surface area contributed by atoms with Crippen molar-refractivity contribution >= 4 is 17.9 Å². The van der Waals surface area contributed by atoms with Crippen molar-refractivity contribution in [1.29, 1.82) is 0 Å². The van der Waals surface area contributed by atoms with Crippen molar-refractivity contribution in [3.05, 3.63) is 41.6 Å². The van der Waals surface area contributed by atoms with Gasteiger partial charge in [0.2, 0.25) is 5.91 Å². The molecule has 0 atom stereocenters. The molecule has 2 rings (SSSR count). The van der Waals surface area contributed by atoms with Crippen LogP contribution < -0.4 is 5.32 Å². The van der Waals surface area contributed by atoms with Crippen LogP contribution in [0.4, 0.5) is 0 Å². The molecule has 4 nitrogen and oxygen atoms in total. The van der Waals surface area contributed by atoms with Crippen molar-refractivity contribution in [3.63, 3.8) is 0 Å². The Balaban J connectivity index is 2.20. The smallest absolute Gasteiger partial charge is 0.270 e. The topological polar surface area (TPSA) is 49.4 Å². The number of nitrogens with zero attached hydrogens (tertiary/aromatic N) is 1. The molecule has 1 heterocycles. The van der Waals surface area contributed by atoms with E-state index in [1.54, 1.807) is 6.08 Å². The molecule has 0 aliphatic carbocycles. The summed E-state index contributed by atoms with van der Waals surface area (Å²) >= 11 is 0. The molecule has 1 aliphatic rings. The van der Waals surface area contributed by atoms with E-state index >= 15 is 0 Å². The van der Waals surface area contributed by atoms with Gasteiger partial charge in [0.1, 0.15) is 5.70 Å². The van der Waals surface area contributed by atoms with E-state index in [0.29, 0.717) is 5.70 Å². The Bertz CT molecular complexity index is 515. The highest BCUT2D eigenvalue weighted by Gasteiger charge is 2.20. The maximum atomic E-state index is 12.6. The number of carbonyl (C=O) groups excluding carboxylic acids is 2. The predicted molar refractivity (Wildman–Crippen MR) is 83.3 cm³/mol. The Morgan fingerprint density at radius 2 is 1.67 bits per heavy atom. The Hall–Kier alpha value is -2.10. The molecule has 0 aromatic heterocycles. The van der Waals surface area contributed by atoms with Crippen LogP contribution in [0.5, 0.6) is 0 Å². The second-order valence-electron chi connectivity index (χ2n) is 5.36. The van der Waals surface area contributed by atoms with E-state index in [-0.39, 0.29) is 11.8 Å². The summed E-state index contributed by atoms with van der Waals surface area (Å²) in [5, 5.41) is 2.68. The first-order chi connectivity index (χ1) is 10.2. The Morgan fingerprint density at radius 3 is 2.24 bits per heavy atom. The Labute approximate surface area is 125 Å². The third-order valence-corrected chi connectivity index (χ3v) is 3.54. The zero-order valence-corrected chi connectivity index (χ0v) is 12.5. The SMILES string of the molecule is CC(=O)N/C(=C\c1ccccc1)C(=O)N1CCCCCC1. The number of rotatable bonds is 3. The molecule has 4 heteroatoms. The minimum atomic E-state index is -0.222. The maximum absolute atomic E-state index is 12.6. The fourth-order valence-corrected chi connectivity index (χ4v) is 2.50. The van der Waals surface area contributed by atoms with E-state index in [1.165, 1.54) is 19.8 Å². The summed E-state index contributed by atoms with van der Waals surface area (Å²) < 4.78 is 0. The number of benzene rings is 1. The molecule has 1 N–H and O–H groups in total. The van der Waals surface area contributed by atoms with Crippen LogP contribution >= 0.6 is 0 Å². The van der Waals surface area contributed by atoms with E-state index in [4.69, 9.17) is 0 Å². The third kappa shape index (κ3) is 4.74. The molecule has 1 aromatic rings. The highest BCUT2D eigenvalue weighted by Crippen LogP contribution is 2.13. The van der Waals surface area contributed by atoms with Crippen molar-refractivity contribution < 1.29 is 9.59 Å². The Kier molecular flexibility index (Phi) is 5.55. The first-order valence-electron chi connectivity index (χ1n) is 7.50. The van der Waals surface area contributed by atoms with E-state index in [9.17, 15) is 9.59 Å². The Morgan fingerprint density at radius 1 is 1.05 bits per heavy atom. The van der Waals surface area contributed by atoms with Crippen LogP contribution in [0.2, 0.25) is 0 Å². The number of nitrogens with one attached hydrogen (secondary N) is 1. The zero-order chi connectivity index (χ0) is 15.1. The summed E-state index contributed by atoms with van der Waals surface area (Å²) in [6.45, 7) is 2.96. The predicted octanol–water partition coefficient (Wildman–Crippen LogP) is 2.57. The standard InChI is InChI=1S/C17H22N2O2/c1-14(20)18-16(13-15-9-5-4-6-10-15)17(21)19-11-7-2-3-8-12-19/h4-6,9-10,13H,2-3,7-8,11-12H2,1H3,(H,18,20)/b16-13-. The second-order valence-corrected chi connectivity index (χ2v) is 5.36. The number of likely N-dealkylation sites (tertiary alicyclic amines) is 1. The molecule has 1 saturated heterocycles. The fraction of sp³-hybridized carbons (Fsp3) is 0.412. The van der Waals surface area contributed by atoms with Gasteiger partial charge in [0.05, 0.1) is 0 Å². The molecule has 0 saturated carbocycles. The molecule has 2 amide bonds. The molecule has 1 aliphatic heterocycles. The summed E-state index contributed by atoms with van der Waals surface area (Å²) in [4.78, 5) is 25.9. The largest absolute Gasteiger partial charge is 0.337 e. The van der Waals surface area contributed by atoms with Crippen LogP contribution in [-0.2, 0) is 9.59 Å². The average molecular weight is 286 g/mol. The molecule has 0 unspecified atom stereocenters. The molecule has 0 bridgehead atoms. The number of hydrogen-bond donors (Lipinski definition) is 1. The van der Waals surface area contributed by atoms with Gasteiger partial charge in [0.25, 0.3) is 5.91 Å². The minimum Gasteiger partial charge on any atom is -0.337 e. The number of hydrogen-bond acceptors (Lipinski definition) is 2. The molecular weight excluding hydrogens is 264 g/mol. The summed E-state index contributed by atoms with van der Waals surface area (Å²) in [7, 11) is 0. The quantitative estimate of drug-likeness (QED) is 0.868.